The summed E-state index contributed by atoms with van der Waals surface area (Å²) in [5.74, 6) is 0.327. The van der Waals surface area contributed by atoms with Crippen molar-refractivity contribution >= 4 is 10.0 Å². The lowest BCUT2D eigenvalue weighted by Crippen LogP contribution is -2.39. The van der Waals surface area contributed by atoms with Gasteiger partial charge in [0.05, 0.1) is 12.0 Å². The van der Waals surface area contributed by atoms with Gasteiger partial charge in [-0.3, -0.25) is 0 Å². The van der Waals surface area contributed by atoms with Crippen molar-refractivity contribution in [3.05, 3.63) is 59.9 Å². The van der Waals surface area contributed by atoms with Crippen LogP contribution in [0, 0.1) is 5.82 Å². The summed E-state index contributed by atoms with van der Waals surface area (Å²) in [4.78, 5) is 0.0803. The molecule has 3 rings (SSSR count). The molecule has 0 saturated heterocycles. The van der Waals surface area contributed by atoms with Gasteiger partial charge < -0.3 is 4.74 Å². The van der Waals surface area contributed by atoms with E-state index in [1.54, 1.807) is 7.11 Å². The number of benzene rings is 2. The largest absolute Gasteiger partial charge is 0.497 e. The predicted octanol–water partition coefficient (Wildman–Crippen LogP) is 3.62. The minimum absolute atomic E-state index is 0.0803. The van der Waals surface area contributed by atoms with E-state index in [-0.39, 0.29) is 10.3 Å². The second-order valence-corrected chi connectivity index (χ2v) is 8.26. The maximum absolute atomic E-state index is 13.0. The topological polar surface area (TPSA) is 55.4 Å². The van der Waals surface area contributed by atoms with E-state index in [9.17, 15) is 12.8 Å². The molecule has 0 unspecified atom stereocenters. The highest BCUT2D eigenvalue weighted by molar-refractivity contribution is 7.89. The Morgan fingerprint density at radius 1 is 1.04 bits per heavy atom. The number of rotatable bonds is 6. The van der Waals surface area contributed by atoms with Crippen LogP contribution in [0.1, 0.15) is 31.2 Å². The van der Waals surface area contributed by atoms with Gasteiger partial charge in [0.15, 0.2) is 0 Å². The van der Waals surface area contributed by atoms with Crippen LogP contribution in [0.25, 0.3) is 0 Å². The van der Waals surface area contributed by atoms with E-state index in [1.165, 1.54) is 12.1 Å². The molecule has 0 radical (unpaired) electrons. The molecule has 1 aliphatic rings. The molecule has 0 spiro atoms. The van der Waals surface area contributed by atoms with E-state index in [4.69, 9.17) is 4.74 Å². The normalized spacial score (nSPS) is 16.7. The first-order chi connectivity index (χ1) is 12.0. The highest BCUT2D eigenvalue weighted by Crippen LogP contribution is 2.41. The molecule has 0 atom stereocenters. The molecule has 1 aliphatic carbocycles. The first-order valence-corrected chi connectivity index (χ1v) is 9.83. The molecule has 0 bridgehead atoms. The summed E-state index contributed by atoms with van der Waals surface area (Å²) in [5.41, 5.74) is 0.909. The minimum Gasteiger partial charge on any atom is -0.497 e. The average Bonchev–Trinajstić information content (AvgIpc) is 3.11. The van der Waals surface area contributed by atoms with Crippen molar-refractivity contribution in [3.8, 4) is 5.75 Å². The molecule has 0 amide bonds. The van der Waals surface area contributed by atoms with Gasteiger partial charge in [0.2, 0.25) is 10.0 Å². The Labute approximate surface area is 148 Å². The maximum Gasteiger partial charge on any atom is 0.240 e. The Hall–Kier alpha value is -1.92. The number of methoxy groups -OCH3 is 1. The minimum atomic E-state index is -3.66. The van der Waals surface area contributed by atoms with Crippen molar-refractivity contribution in [1.29, 1.82) is 0 Å². The third-order valence-electron chi connectivity index (χ3n) is 4.99. The number of hydrogen-bond acceptors (Lipinski definition) is 3. The zero-order valence-electron chi connectivity index (χ0n) is 14.2. The van der Waals surface area contributed by atoms with Crippen LogP contribution in [0.3, 0.4) is 0 Å². The molecule has 0 aromatic heterocycles. The summed E-state index contributed by atoms with van der Waals surface area (Å²) in [6, 6.07) is 12.7. The molecule has 2 aromatic rings. The zero-order valence-corrected chi connectivity index (χ0v) is 15.0. The molecule has 4 nitrogen and oxygen atoms in total. The van der Waals surface area contributed by atoms with Crippen molar-refractivity contribution in [1.82, 2.24) is 4.72 Å². The first-order valence-electron chi connectivity index (χ1n) is 8.35. The van der Waals surface area contributed by atoms with Gasteiger partial charge in [0, 0.05) is 12.0 Å². The smallest absolute Gasteiger partial charge is 0.240 e. The molecule has 25 heavy (non-hydrogen) atoms. The fraction of sp³-hybridized carbons (Fsp3) is 0.368. The average molecular weight is 363 g/mol. The van der Waals surface area contributed by atoms with Crippen LogP contribution in [0.15, 0.2) is 53.4 Å². The quantitative estimate of drug-likeness (QED) is 0.853. The molecular weight excluding hydrogens is 341 g/mol. The van der Waals surface area contributed by atoms with Crippen molar-refractivity contribution in [2.75, 3.05) is 13.7 Å². The van der Waals surface area contributed by atoms with Crippen LogP contribution in [-0.2, 0) is 15.4 Å². The fourth-order valence-corrected chi connectivity index (χ4v) is 4.62. The maximum atomic E-state index is 13.0. The number of nitrogens with one attached hydrogen (secondary N) is 1. The van der Waals surface area contributed by atoms with Gasteiger partial charge in [-0.25, -0.2) is 17.5 Å². The summed E-state index contributed by atoms with van der Waals surface area (Å²) >= 11 is 0. The van der Waals surface area contributed by atoms with Crippen LogP contribution in [0.4, 0.5) is 4.39 Å². The summed E-state index contributed by atoms with van der Waals surface area (Å²) in [6.07, 6.45) is 4.02. The van der Waals surface area contributed by atoms with Gasteiger partial charge >= 0.3 is 0 Å². The molecule has 2 aromatic carbocycles. The lowest BCUT2D eigenvalue weighted by Gasteiger charge is -2.30. The summed E-state index contributed by atoms with van der Waals surface area (Å²) in [6.45, 7) is 0.332. The lowest BCUT2D eigenvalue weighted by molar-refractivity contribution is 0.410. The van der Waals surface area contributed by atoms with Gasteiger partial charge in [-0.05, 0) is 54.8 Å². The molecule has 1 fully saturated rings. The second-order valence-electron chi connectivity index (χ2n) is 6.49. The number of ether oxygens (including phenoxy) is 1. The Morgan fingerprint density at radius 3 is 2.20 bits per heavy atom. The second kappa shape index (κ2) is 7.14. The summed E-state index contributed by atoms with van der Waals surface area (Å²) in [7, 11) is -2.04. The summed E-state index contributed by atoms with van der Waals surface area (Å²) in [5, 5.41) is 0. The van der Waals surface area contributed by atoms with Crippen molar-refractivity contribution in [2.45, 2.75) is 36.0 Å². The molecule has 134 valence electrons. The Bertz CT molecular complexity index is 811. The van der Waals surface area contributed by atoms with Gasteiger partial charge in [-0.15, -0.1) is 0 Å². The van der Waals surface area contributed by atoms with E-state index in [1.807, 2.05) is 24.3 Å². The third kappa shape index (κ3) is 3.85. The van der Waals surface area contributed by atoms with Crippen molar-refractivity contribution in [3.63, 3.8) is 0 Å². The molecular formula is C19H22FNO3S. The van der Waals surface area contributed by atoms with Crippen molar-refractivity contribution in [2.24, 2.45) is 0 Å². The number of halogens is 1. The van der Waals surface area contributed by atoms with Gasteiger partial charge in [0.1, 0.15) is 11.6 Å². The number of sulfonamides is 1. The molecule has 0 heterocycles. The Balaban J connectivity index is 1.81. The predicted molar refractivity (Wildman–Crippen MR) is 94.7 cm³/mol. The van der Waals surface area contributed by atoms with E-state index >= 15 is 0 Å². The molecule has 0 aliphatic heterocycles. The fourth-order valence-electron chi connectivity index (χ4n) is 3.49. The molecule has 6 heteroatoms. The zero-order chi connectivity index (χ0) is 17.9. The highest BCUT2D eigenvalue weighted by Gasteiger charge is 2.36. The Kier molecular flexibility index (Phi) is 5.11. The first kappa shape index (κ1) is 17.9. The van der Waals surface area contributed by atoms with Crippen LogP contribution in [0.5, 0.6) is 5.75 Å². The van der Waals surface area contributed by atoms with Crippen LogP contribution >= 0.6 is 0 Å². The summed E-state index contributed by atoms with van der Waals surface area (Å²) < 4.78 is 46.0. The highest BCUT2D eigenvalue weighted by atomic mass is 32.2. The standard InChI is InChI=1S/C19H22FNO3S/c1-24-17-8-4-15(5-9-17)19(12-2-3-13-19)14-21-25(22,23)18-10-6-16(20)7-11-18/h4-11,21H,2-3,12-14H2,1H3. The van der Waals surface area contributed by atoms with Crippen LogP contribution < -0.4 is 9.46 Å². The molecule has 1 N–H and O–H groups in total. The van der Waals surface area contributed by atoms with E-state index in [0.29, 0.717) is 6.54 Å². The van der Waals surface area contributed by atoms with E-state index < -0.39 is 15.8 Å². The lowest BCUT2D eigenvalue weighted by atomic mass is 9.79. The van der Waals surface area contributed by atoms with E-state index in [0.717, 1.165) is 49.1 Å². The van der Waals surface area contributed by atoms with Crippen molar-refractivity contribution < 1.29 is 17.5 Å². The van der Waals surface area contributed by atoms with E-state index in [2.05, 4.69) is 4.72 Å². The van der Waals surface area contributed by atoms with Crippen LogP contribution in [0.2, 0.25) is 0 Å². The Morgan fingerprint density at radius 2 is 1.64 bits per heavy atom. The SMILES string of the molecule is COc1ccc(C2(CNS(=O)(=O)c3ccc(F)cc3)CCCC2)cc1. The monoisotopic (exact) mass is 363 g/mol. The third-order valence-corrected chi connectivity index (χ3v) is 6.40. The van der Waals surface area contributed by atoms with Gasteiger partial charge in [-0.1, -0.05) is 25.0 Å². The van der Waals surface area contributed by atoms with Crippen LogP contribution in [-0.4, -0.2) is 22.1 Å². The van der Waals surface area contributed by atoms with Gasteiger partial charge in [0.25, 0.3) is 0 Å². The van der Waals surface area contributed by atoms with Gasteiger partial charge in [-0.2, -0.15) is 0 Å². The number of hydrogen-bond donors (Lipinski definition) is 1. The molecule has 1 saturated carbocycles.